The smallest absolute Gasteiger partial charge is 0.262 e. The Morgan fingerprint density at radius 2 is 2.28 bits per heavy atom. The van der Waals surface area contributed by atoms with E-state index >= 15 is 0 Å². The molecule has 1 fully saturated rings. The molecular formula is C10H16ClN3O3S. The van der Waals surface area contributed by atoms with Crippen molar-refractivity contribution >= 4 is 21.6 Å². The van der Waals surface area contributed by atoms with Gasteiger partial charge in [0, 0.05) is 19.6 Å². The molecule has 8 heteroatoms. The molecule has 0 saturated heterocycles. The van der Waals surface area contributed by atoms with Crippen molar-refractivity contribution in [1.29, 1.82) is 0 Å². The van der Waals surface area contributed by atoms with E-state index in [0.717, 1.165) is 19.3 Å². The molecule has 18 heavy (non-hydrogen) atoms. The van der Waals surface area contributed by atoms with Gasteiger partial charge in [-0.25, -0.2) is 8.42 Å². The highest BCUT2D eigenvalue weighted by atomic mass is 35.5. The molecule has 6 nitrogen and oxygen atoms in total. The van der Waals surface area contributed by atoms with Crippen LogP contribution in [-0.2, 0) is 17.1 Å². The number of nitrogens with zero attached hydrogens (tertiary/aromatic N) is 3. The van der Waals surface area contributed by atoms with Gasteiger partial charge in [0.2, 0.25) is 0 Å². The van der Waals surface area contributed by atoms with Crippen LogP contribution in [0, 0.1) is 0 Å². The first kappa shape index (κ1) is 13.8. The van der Waals surface area contributed by atoms with E-state index in [1.54, 1.807) is 0 Å². The zero-order valence-electron chi connectivity index (χ0n) is 10.1. The van der Waals surface area contributed by atoms with Gasteiger partial charge >= 0.3 is 0 Å². The van der Waals surface area contributed by atoms with Crippen LogP contribution in [0.25, 0.3) is 0 Å². The molecule has 1 heterocycles. The number of aryl methyl sites for hydroxylation is 1. The van der Waals surface area contributed by atoms with Crippen molar-refractivity contribution in [3.63, 3.8) is 0 Å². The van der Waals surface area contributed by atoms with Gasteiger partial charge in [0.05, 0.1) is 17.8 Å². The Labute approximate surface area is 111 Å². The summed E-state index contributed by atoms with van der Waals surface area (Å²) in [7, 11) is -2.16. The summed E-state index contributed by atoms with van der Waals surface area (Å²) in [5, 5.41) is 13.0. The quantitative estimate of drug-likeness (QED) is 0.863. The van der Waals surface area contributed by atoms with Gasteiger partial charge in [0.15, 0.2) is 5.03 Å². The lowest BCUT2D eigenvalue weighted by atomic mass is 9.93. The first-order chi connectivity index (χ1) is 8.48. The minimum Gasteiger partial charge on any atom is -0.395 e. The molecule has 0 unspecified atom stereocenters. The Morgan fingerprint density at radius 3 is 2.67 bits per heavy atom. The number of rotatable bonds is 5. The summed E-state index contributed by atoms with van der Waals surface area (Å²) >= 11 is 5.89. The Bertz CT molecular complexity index is 505. The summed E-state index contributed by atoms with van der Waals surface area (Å²) in [6.07, 6.45) is 3.98. The summed E-state index contributed by atoms with van der Waals surface area (Å²) in [6, 6.07) is -0.0342. The SMILES string of the molecule is Cn1ncc(Cl)c1S(=O)(=O)N(CCO)C1CCC1. The van der Waals surface area contributed by atoms with E-state index in [4.69, 9.17) is 16.7 Å². The fourth-order valence-corrected chi connectivity index (χ4v) is 4.36. The molecular weight excluding hydrogens is 278 g/mol. The highest BCUT2D eigenvalue weighted by molar-refractivity contribution is 7.89. The van der Waals surface area contributed by atoms with E-state index in [2.05, 4.69) is 5.10 Å². The number of aliphatic hydroxyl groups excluding tert-OH is 1. The first-order valence-electron chi connectivity index (χ1n) is 5.78. The Morgan fingerprint density at radius 1 is 1.61 bits per heavy atom. The fourth-order valence-electron chi connectivity index (χ4n) is 2.07. The van der Waals surface area contributed by atoms with Gasteiger partial charge in [0.25, 0.3) is 10.0 Å². The van der Waals surface area contributed by atoms with E-state index in [-0.39, 0.29) is 29.2 Å². The Hall–Kier alpha value is -0.630. The van der Waals surface area contributed by atoms with Crippen LogP contribution in [0.5, 0.6) is 0 Å². The van der Waals surface area contributed by atoms with Gasteiger partial charge in [0.1, 0.15) is 0 Å². The molecule has 0 spiro atoms. The second-order valence-corrected chi connectivity index (χ2v) is 6.56. The third-order valence-corrected chi connectivity index (χ3v) is 5.66. The number of aromatic nitrogens is 2. The maximum Gasteiger partial charge on any atom is 0.262 e. The second-order valence-electron chi connectivity index (χ2n) is 4.35. The van der Waals surface area contributed by atoms with Crippen molar-refractivity contribution < 1.29 is 13.5 Å². The van der Waals surface area contributed by atoms with Crippen LogP contribution in [0.3, 0.4) is 0 Å². The summed E-state index contributed by atoms with van der Waals surface area (Å²) in [4.78, 5) is 0. The third-order valence-electron chi connectivity index (χ3n) is 3.20. The standard InChI is InChI=1S/C10H16ClN3O3S/c1-13-10(9(11)7-12-13)18(16,17)14(5-6-15)8-3-2-4-8/h7-8,15H,2-6H2,1H3. The van der Waals surface area contributed by atoms with E-state index < -0.39 is 10.0 Å². The van der Waals surface area contributed by atoms with Gasteiger partial charge in [-0.2, -0.15) is 9.40 Å². The van der Waals surface area contributed by atoms with Crippen molar-refractivity contribution in [2.24, 2.45) is 7.05 Å². The zero-order chi connectivity index (χ0) is 13.3. The fraction of sp³-hybridized carbons (Fsp3) is 0.700. The molecule has 1 aliphatic rings. The molecule has 0 amide bonds. The van der Waals surface area contributed by atoms with E-state index in [9.17, 15) is 8.42 Å². The molecule has 0 aliphatic heterocycles. The van der Waals surface area contributed by atoms with E-state index in [0.29, 0.717) is 0 Å². The van der Waals surface area contributed by atoms with Crippen LogP contribution in [0.15, 0.2) is 11.2 Å². The Kier molecular flexibility index (Phi) is 3.96. The summed E-state index contributed by atoms with van der Waals surface area (Å²) in [6.45, 7) is -0.111. The summed E-state index contributed by atoms with van der Waals surface area (Å²) in [5.74, 6) is 0. The molecule has 102 valence electrons. The van der Waals surface area contributed by atoms with Crippen molar-refractivity contribution in [3.8, 4) is 0 Å². The summed E-state index contributed by atoms with van der Waals surface area (Å²) in [5.41, 5.74) is 0. The molecule has 1 N–H and O–H groups in total. The number of hydrogen-bond donors (Lipinski definition) is 1. The Balaban J connectivity index is 2.38. The maximum absolute atomic E-state index is 12.5. The largest absolute Gasteiger partial charge is 0.395 e. The molecule has 1 aromatic heterocycles. The van der Waals surface area contributed by atoms with Crippen LogP contribution >= 0.6 is 11.6 Å². The van der Waals surface area contributed by atoms with Crippen LogP contribution < -0.4 is 0 Å². The monoisotopic (exact) mass is 293 g/mol. The highest BCUT2D eigenvalue weighted by Gasteiger charge is 2.37. The first-order valence-corrected chi connectivity index (χ1v) is 7.60. The van der Waals surface area contributed by atoms with Crippen molar-refractivity contribution in [2.45, 2.75) is 30.3 Å². The van der Waals surface area contributed by atoms with Crippen molar-refractivity contribution in [3.05, 3.63) is 11.2 Å². The van der Waals surface area contributed by atoms with Gasteiger partial charge < -0.3 is 5.11 Å². The predicted octanol–water partition coefficient (Wildman–Crippen LogP) is 0.609. The number of hydrogen-bond acceptors (Lipinski definition) is 4. The minimum atomic E-state index is -3.70. The van der Waals surface area contributed by atoms with E-state index in [1.165, 1.54) is 22.2 Å². The molecule has 0 aromatic carbocycles. The zero-order valence-corrected chi connectivity index (χ0v) is 11.7. The van der Waals surface area contributed by atoms with Crippen molar-refractivity contribution in [1.82, 2.24) is 14.1 Å². The summed E-state index contributed by atoms with van der Waals surface area (Å²) < 4.78 is 27.6. The third kappa shape index (κ3) is 2.27. The van der Waals surface area contributed by atoms with Crippen molar-refractivity contribution in [2.75, 3.05) is 13.2 Å². The molecule has 0 atom stereocenters. The van der Waals surface area contributed by atoms with Gasteiger partial charge in [-0.1, -0.05) is 18.0 Å². The average Bonchev–Trinajstić information content (AvgIpc) is 2.55. The van der Waals surface area contributed by atoms with Gasteiger partial charge in [-0.3, -0.25) is 4.68 Å². The lowest BCUT2D eigenvalue weighted by molar-refractivity contribution is 0.177. The molecule has 0 bridgehead atoms. The minimum absolute atomic E-state index is 0.00971. The maximum atomic E-state index is 12.5. The molecule has 0 radical (unpaired) electrons. The molecule has 2 rings (SSSR count). The van der Waals surface area contributed by atoms with Crippen LogP contribution in [0.2, 0.25) is 5.02 Å². The molecule has 1 aromatic rings. The van der Waals surface area contributed by atoms with Gasteiger partial charge in [-0.15, -0.1) is 0 Å². The molecule has 1 saturated carbocycles. The van der Waals surface area contributed by atoms with Crippen LogP contribution in [-0.4, -0.2) is 46.8 Å². The topological polar surface area (TPSA) is 75.4 Å². The van der Waals surface area contributed by atoms with Gasteiger partial charge in [-0.05, 0) is 12.8 Å². The molecule has 1 aliphatic carbocycles. The number of halogens is 1. The number of sulfonamides is 1. The van der Waals surface area contributed by atoms with Crippen LogP contribution in [0.4, 0.5) is 0 Å². The lowest BCUT2D eigenvalue weighted by Gasteiger charge is -2.36. The predicted molar refractivity (Wildman–Crippen MR) is 66.8 cm³/mol. The average molecular weight is 294 g/mol. The normalized spacial score (nSPS) is 17.1. The number of aliphatic hydroxyl groups is 1. The van der Waals surface area contributed by atoms with E-state index in [1.807, 2.05) is 0 Å². The van der Waals surface area contributed by atoms with Crippen LogP contribution in [0.1, 0.15) is 19.3 Å². The lowest BCUT2D eigenvalue weighted by Crippen LogP contribution is -2.46. The second kappa shape index (κ2) is 5.16. The highest BCUT2D eigenvalue weighted by Crippen LogP contribution is 2.31.